The van der Waals surface area contributed by atoms with Gasteiger partial charge in [-0.3, -0.25) is 0 Å². The van der Waals surface area contributed by atoms with Gasteiger partial charge >= 0.3 is 5.97 Å². The van der Waals surface area contributed by atoms with Crippen LogP contribution in [0.2, 0.25) is 0 Å². The second kappa shape index (κ2) is 9.17. The topological polar surface area (TPSA) is 78.9 Å². The average molecular weight is 397 g/mol. The molecule has 1 heterocycles. The minimum absolute atomic E-state index is 0.0356. The number of sulfone groups is 1. The molecule has 6 nitrogen and oxygen atoms in total. The lowest BCUT2D eigenvalue weighted by Gasteiger charge is -2.26. The maximum Gasteiger partial charge on any atom is 0.339 e. The Morgan fingerprint density at radius 3 is 2.26 bits per heavy atom. The van der Waals surface area contributed by atoms with Crippen LogP contribution in [-0.4, -0.2) is 46.1 Å². The molecule has 0 spiro atoms. The molecule has 1 aromatic rings. The van der Waals surface area contributed by atoms with Gasteiger partial charge in [0.2, 0.25) is 0 Å². The molecule has 1 saturated carbocycles. The van der Waals surface area contributed by atoms with Crippen LogP contribution in [0.5, 0.6) is 0 Å². The molecular formula is C20H28O6S. The Bertz CT molecular complexity index is 715. The van der Waals surface area contributed by atoms with Gasteiger partial charge in [0, 0.05) is 13.2 Å². The highest BCUT2D eigenvalue weighted by atomic mass is 32.2. The highest BCUT2D eigenvalue weighted by molar-refractivity contribution is 7.92. The molecule has 7 heteroatoms. The molecule has 2 fully saturated rings. The lowest BCUT2D eigenvalue weighted by Crippen LogP contribution is -2.29. The lowest BCUT2D eigenvalue weighted by atomic mass is 9.97. The summed E-state index contributed by atoms with van der Waals surface area (Å²) in [5.41, 5.74) is 0.623. The standard InChI is InChI=1S/C20H28O6S/c1-24-20(21)19(26-16-5-3-2-4-6-16)15-7-9-17(10-8-15)27(22,23)18-11-13-25-14-12-18/h7-10,16,18-19H,2-6,11-14H2,1H3. The third-order valence-corrected chi connectivity index (χ3v) is 7.69. The second-order valence-electron chi connectivity index (χ2n) is 7.23. The van der Waals surface area contributed by atoms with Gasteiger partial charge in [0.15, 0.2) is 15.9 Å². The van der Waals surface area contributed by atoms with Crippen LogP contribution >= 0.6 is 0 Å². The van der Waals surface area contributed by atoms with Crippen molar-refractivity contribution in [3.63, 3.8) is 0 Å². The number of ether oxygens (including phenoxy) is 3. The molecule has 0 amide bonds. The van der Waals surface area contributed by atoms with Gasteiger partial charge in [0.25, 0.3) is 0 Å². The van der Waals surface area contributed by atoms with Crippen molar-refractivity contribution in [2.75, 3.05) is 20.3 Å². The van der Waals surface area contributed by atoms with Crippen molar-refractivity contribution in [1.82, 2.24) is 0 Å². The average Bonchev–Trinajstić information content (AvgIpc) is 2.73. The smallest absolute Gasteiger partial charge is 0.339 e. The minimum Gasteiger partial charge on any atom is -0.467 e. The fourth-order valence-corrected chi connectivity index (χ4v) is 5.50. The number of carbonyl (C=O) groups is 1. The van der Waals surface area contributed by atoms with E-state index in [4.69, 9.17) is 14.2 Å². The third-order valence-electron chi connectivity index (χ3n) is 5.41. The first kappa shape index (κ1) is 20.3. The van der Waals surface area contributed by atoms with Gasteiger partial charge in [-0.25, -0.2) is 13.2 Å². The van der Waals surface area contributed by atoms with E-state index in [1.807, 2.05) is 0 Å². The highest BCUT2D eigenvalue weighted by Crippen LogP contribution is 2.30. The first-order valence-electron chi connectivity index (χ1n) is 9.67. The Labute approximate surface area is 161 Å². The molecule has 1 aliphatic carbocycles. The quantitative estimate of drug-likeness (QED) is 0.687. The summed E-state index contributed by atoms with van der Waals surface area (Å²) in [6, 6.07) is 6.47. The first-order chi connectivity index (χ1) is 13.0. The molecule has 0 radical (unpaired) electrons. The molecule has 0 bridgehead atoms. The molecule has 1 atom stereocenters. The largest absolute Gasteiger partial charge is 0.467 e. The Hall–Kier alpha value is -1.44. The van der Waals surface area contributed by atoms with Gasteiger partial charge in [0.1, 0.15) is 0 Å². The van der Waals surface area contributed by atoms with Crippen molar-refractivity contribution < 1.29 is 27.4 Å². The number of esters is 1. The number of rotatable bonds is 6. The van der Waals surface area contributed by atoms with Crippen molar-refractivity contribution in [1.29, 1.82) is 0 Å². The molecule has 1 saturated heterocycles. The van der Waals surface area contributed by atoms with E-state index in [1.165, 1.54) is 13.5 Å². The van der Waals surface area contributed by atoms with Gasteiger partial charge in [-0.15, -0.1) is 0 Å². The van der Waals surface area contributed by atoms with Crippen LogP contribution in [0.25, 0.3) is 0 Å². The molecule has 2 aliphatic rings. The predicted octanol–water partition coefficient (Wildman–Crippen LogP) is 3.20. The summed E-state index contributed by atoms with van der Waals surface area (Å²) < 4.78 is 41.8. The molecule has 1 unspecified atom stereocenters. The van der Waals surface area contributed by atoms with Gasteiger partial charge in [-0.05, 0) is 43.4 Å². The molecule has 1 aliphatic heterocycles. The van der Waals surface area contributed by atoms with Crippen LogP contribution in [0.15, 0.2) is 29.2 Å². The van der Waals surface area contributed by atoms with Crippen molar-refractivity contribution >= 4 is 15.8 Å². The Balaban J connectivity index is 1.77. The zero-order valence-electron chi connectivity index (χ0n) is 15.8. The van der Waals surface area contributed by atoms with E-state index in [0.717, 1.165) is 25.7 Å². The summed E-state index contributed by atoms with van der Waals surface area (Å²) in [6.07, 6.45) is 5.50. The van der Waals surface area contributed by atoms with E-state index >= 15 is 0 Å². The predicted molar refractivity (Wildman–Crippen MR) is 100 cm³/mol. The zero-order valence-corrected chi connectivity index (χ0v) is 16.6. The van der Waals surface area contributed by atoms with Gasteiger partial charge < -0.3 is 14.2 Å². The summed E-state index contributed by atoms with van der Waals surface area (Å²) in [4.78, 5) is 12.5. The lowest BCUT2D eigenvalue weighted by molar-refractivity contribution is -0.160. The normalized spacial score (nSPS) is 20.9. The monoisotopic (exact) mass is 396 g/mol. The fourth-order valence-electron chi connectivity index (χ4n) is 3.78. The third kappa shape index (κ3) is 4.89. The first-order valence-corrected chi connectivity index (χ1v) is 11.2. The number of hydrogen-bond donors (Lipinski definition) is 0. The van der Waals surface area contributed by atoms with Crippen LogP contribution in [0.1, 0.15) is 56.6 Å². The molecule has 27 heavy (non-hydrogen) atoms. The molecule has 0 aromatic heterocycles. The van der Waals surface area contributed by atoms with Gasteiger partial charge in [-0.1, -0.05) is 31.4 Å². The Kier molecular flexibility index (Phi) is 6.89. The maximum atomic E-state index is 12.8. The molecule has 3 rings (SSSR count). The van der Waals surface area contributed by atoms with Crippen molar-refractivity contribution in [3.05, 3.63) is 29.8 Å². The van der Waals surface area contributed by atoms with Gasteiger partial charge in [0.05, 0.1) is 23.4 Å². The summed E-state index contributed by atoms with van der Waals surface area (Å²) in [5.74, 6) is -0.458. The van der Waals surface area contributed by atoms with Crippen LogP contribution in [0.4, 0.5) is 0 Å². The van der Waals surface area contributed by atoms with Crippen molar-refractivity contribution in [3.8, 4) is 0 Å². The summed E-state index contributed by atoms with van der Waals surface area (Å²) in [7, 11) is -2.06. The highest BCUT2D eigenvalue weighted by Gasteiger charge is 2.31. The Morgan fingerprint density at radius 2 is 1.67 bits per heavy atom. The second-order valence-corrected chi connectivity index (χ2v) is 9.45. The number of carbonyl (C=O) groups excluding carboxylic acids is 1. The maximum absolute atomic E-state index is 12.8. The van der Waals surface area contributed by atoms with Crippen LogP contribution in [0, 0.1) is 0 Å². The SMILES string of the molecule is COC(=O)C(OC1CCCCC1)c1ccc(S(=O)(=O)C2CCOCC2)cc1. The number of benzene rings is 1. The van der Waals surface area contributed by atoms with Crippen molar-refractivity contribution in [2.24, 2.45) is 0 Å². The van der Waals surface area contributed by atoms with Crippen molar-refractivity contribution in [2.45, 2.75) is 67.3 Å². The molecule has 0 N–H and O–H groups in total. The zero-order chi connectivity index (χ0) is 19.3. The van der Waals surface area contributed by atoms with E-state index < -0.39 is 27.2 Å². The molecule has 150 valence electrons. The van der Waals surface area contributed by atoms with E-state index in [9.17, 15) is 13.2 Å². The minimum atomic E-state index is -3.39. The van der Waals surface area contributed by atoms with E-state index in [0.29, 0.717) is 31.6 Å². The summed E-state index contributed by atoms with van der Waals surface area (Å²) >= 11 is 0. The number of hydrogen-bond acceptors (Lipinski definition) is 6. The van der Waals surface area contributed by atoms with E-state index in [1.54, 1.807) is 24.3 Å². The van der Waals surface area contributed by atoms with E-state index in [-0.39, 0.29) is 11.0 Å². The van der Waals surface area contributed by atoms with E-state index in [2.05, 4.69) is 0 Å². The van der Waals surface area contributed by atoms with Gasteiger partial charge in [-0.2, -0.15) is 0 Å². The number of methoxy groups -OCH3 is 1. The Morgan fingerprint density at radius 1 is 1.04 bits per heavy atom. The fraction of sp³-hybridized carbons (Fsp3) is 0.650. The summed E-state index contributed by atoms with van der Waals surface area (Å²) in [5, 5.41) is -0.410. The van der Waals surface area contributed by atoms with Crippen LogP contribution < -0.4 is 0 Å². The van der Waals surface area contributed by atoms with Crippen LogP contribution in [0.3, 0.4) is 0 Å². The van der Waals surface area contributed by atoms with Crippen LogP contribution in [-0.2, 0) is 28.8 Å². The molecule has 1 aromatic carbocycles. The summed E-state index contributed by atoms with van der Waals surface area (Å²) in [6.45, 7) is 0.948. The molecular weight excluding hydrogens is 368 g/mol.